The second-order valence-corrected chi connectivity index (χ2v) is 4.65. The van der Waals surface area contributed by atoms with E-state index in [2.05, 4.69) is 13.8 Å². The van der Waals surface area contributed by atoms with Gasteiger partial charge in [0, 0.05) is 13.5 Å². The predicted octanol–water partition coefficient (Wildman–Crippen LogP) is -0.0588. The summed E-state index contributed by atoms with van der Waals surface area (Å²) in [6, 6.07) is 0. The third kappa shape index (κ3) is 6.40. The first kappa shape index (κ1) is 14.9. The number of hydrogen-bond acceptors (Lipinski definition) is 3. The van der Waals surface area contributed by atoms with Crippen LogP contribution in [0.3, 0.4) is 0 Å². The number of likely N-dealkylation sites (N-methyl/N-ethyl adjacent to an activating group) is 1. The molecule has 4 N–H and O–H groups in total. The Balaban J connectivity index is 4.13. The molecule has 0 bridgehead atoms. The van der Waals surface area contributed by atoms with Crippen molar-refractivity contribution in [2.24, 2.45) is 23.3 Å². The number of rotatable bonds is 7. The van der Waals surface area contributed by atoms with Gasteiger partial charge in [-0.05, 0) is 24.8 Å². The molecule has 0 saturated carbocycles. The lowest BCUT2D eigenvalue weighted by Gasteiger charge is -2.20. The molecule has 0 spiro atoms. The molecule has 16 heavy (non-hydrogen) atoms. The molecular weight excluding hydrogens is 206 g/mol. The zero-order valence-electron chi connectivity index (χ0n) is 10.4. The van der Waals surface area contributed by atoms with Crippen molar-refractivity contribution in [1.29, 1.82) is 0 Å². The lowest BCUT2D eigenvalue weighted by atomic mass is 9.94. The van der Waals surface area contributed by atoms with E-state index in [1.807, 2.05) is 0 Å². The molecule has 0 fully saturated rings. The van der Waals surface area contributed by atoms with Gasteiger partial charge in [0.05, 0.1) is 6.54 Å². The third-order valence-corrected chi connectivity index (χ3v) is 2.42. The van der Waals surface area contributed by atoms with E-state index >= 15 is 0 Å². The van der Waals surface area contributed by atoms with Gasteiger partial charge in [0.2, 0.25) is 11.8 Å². The first-order chi connectivity index (χ1) is 7.36. The number of amides is 2. The summed E-state index contributed by atoms with van der Waals surface area (Å²) in [7, 11) is 1.58. The maximum absolute atomic E-state index is 11.7. The summed E-state index contributed by atoms with van der Waals surface area (Å²) in [6.07, 6.45) is 1.31. The predicted molar refractivity (Wildman–Crippen MR) is 63.4 cm³/mol. The zero-order chi connectivity index (χ0) is 12.7. The fourth-order valence-corrected chi connectivity index (χ4v) is 1.65. The molecule has 0 heterocycles. The van der Waals surface area contributed by atoms with Gasteiger partial charge in [0.15, 0.2) is 0 Å². The van der Waals surface area contributed by atoms with Gasteiger partial charge in [-0.25, -0.2) is 0 Å². The zero-order valence-corrected chi connectivity index (χ0v) is 10.4. The summed E-state index contributed by atoms with van der Waals surface area (Å²) in [6.45, 7) is 4.66. The Morgan fingerprint density at radius 1 is 1.31 bits per heavy atom. The molecule has 0 aromatic carbocycles. The van der Waals surface area contributed by atoms with Gasteiger partial charge in [0.25, 0.3) is 0 Å². The smallest absolute Gasteiger partial charge is 0.237 e. The highest BCUT2D eigenvalue weighted by Crippen LogP contribution is 2.15. The first-order valence-corrected chi connectivity index (χ1v) is 5.59. The van der Waals surface area contributed by atoms with Gasteiger partial charge in [0.1, 0.15) is 0 Å². The Labute approximate surface area is 97.2 Å². The highest BCUT2D eigenvalue weighted by atomic mass is 16.2. The standard InChI is InChI=1S/C11H23N3O2/c1-8(2)4-9(6-12)5-11(16)14(3)7-10(13)15/h8-9H,4-7,12H2,1-3H3,(H2,13,15)/t9-/m0/s1. The van der Waals surface area contributed by atoms with Gasteiger partial charge in [-0.15, -0.1) is 0 Å². The number of primary amides is 1. The van der Waals surface area contributed by atoms with Crippen LogP contribution in [0.15, 0.2) is 0 Å². The number of nitrogens with two attached hydrogens (primary N) is 2. The molecule has 0 aromatic rings. The molecule has 5 nitrogen and oxygen atoms in total. The van der Waals surface area contributed by atoms with Crippen molar-refractivity contribution in [2.75, 3.05) is 20.1 Å². The molecule has 0 saturated heterocycles. The van der Waals surface area contributed by atoms with Crippen molar-refractivity contribution in [2.45, 2.75) is 26.7 Å². The van der Waals surface area contributed by atoms with Gasteiger partial charge in [-0.3, -0.25) is 9.59 Å². The molecule has 1 atom stereocenters. The van der Waals surface area contributed by atoms with Gasteiger partial charge >= 0.3 is 0 Å². The van der Waals surface area contributed by atoms with Crippen molar-refractivity contribution < 1.29 is 9.59 Å². The molecule has 5 heteroatoms. The Hall–Kier alpha value is -1.10. The summed E-state index contributed by atoms with van der Waals surface area (Å²) in [5.74, 6) is 0.129. The van der Waals surface area contributed by atoms with E-state index < -0.39 is 5.91 Å². The maximum atomic E-state index is 11.7. The summed E-state index contributed by atoms with van der Waals surface area (Å²) >= 11 is 0. The van der Waals surface area contributed by atoms with E-state index in [-0.39, 0.29) is 18.4 Å². The molecule has 94 valence electrons. The van der Waals surface area contributed by atoms with Crippen molar-refractivity contribution in [3.63, 3.8) is 0 Å². The number of nitrogens with zero attached hydrogens (tertiary/aromatic N) is 1. The van der Waals surface area contributed by atoms with Crippen LogP contribution in [0.1, 0.15) is 26.7 Å². The van der Waals surface area contributed by atoms with Crippen LogP contribution in [-0.4, -0.2) is 36.9 Å². The molecule has 0 aromatic heterocycles. The van der Waals surface area contributed by atoms with Crippen LogP contribution in [-0.2, 0) is 9.59 Å². The van der Waals surface area contributed by atoms with E-state index in [0.29, 0.717) is 18.9 Å². The van der Waals surface area contributed by atoms with Crippen molar-refractivity contribution in [1.82, 2.24) is 4.90 Å². The first-order valence-electron chi connectivity index (χ1n) is 5.59. The molecule has 0 aliphatic rings. The summed E-state index contributed by atoms with van der Waals surface area (Å²) in [4.78, 5) is 23.7. The van der Waals surface area contributed by atoms with Gasteiger partial charge in [-0.1, -0.05) is 13.8 Å². The highest BCUT2D eigenvalue weighted by Gasteiger charge is 2.17. The summed E-state index contributed by atoms with van der Waals surface area (Å²) < 4.78 is 0. The quantitative estimate of drug-likeness (QED) is 0.641. The van der Waals surface area contributed by atoms with E-state index in [1.165, 1.54) is 4.90 Å². The van der Waals surface area contributed by atoms with Crippen LogP contribution in [0.5, 0.6) is 0 Å². The van der Waals surface area contributed by atoms with Crippen LogP contribution < -0.4 is 11.5 Å². The Bertz CT molecular complexity index is 241. The van der Waals surface area contributed by atoms with E-state index in [4.69, 9.17) is 11.5 Å². The molecular formula is C11H23N3O2. The monoisotopic (exact) mass is 229 g/mol. The van der Waals surface area contributed by atoms with Gasteiger partial charge < -0.3 is 16.4 Å². The van der Waals surface area contributed by atoms with Crippen LogP contribution in [0.2, 0.25) is 0 Å². The van der Waals surface area contributed by atoms with Crippen LogP contribution >= 0.6 is 0 Å². The Morgan fingerprint density at radius 2 is 1.88 bits per heavy atom. The average Bonchev–Trinajstić information content (AvgIpc) is 2.14. The summed E-state index contributed by atoms with van der Waals surface area (Å²) in [5, 5.41) is 0. The van der Waals surface area contributed by atoms with E-state index in [0.717, 1.165) is 6.42 Å². The maximum Gasteiger partial charge on any atom is 0.237 e. The largest absolute Gasteiger partial charge is 0.368 e. The van der Waals surface area contributed by atoms with Crippen LogP contribution in [0.4, 0.5) is 0 Å². The Morgan fingerprint density at radius 3 is 2.25 bits per heavy atom. The molecule has 2 amide bonds. The van der Waals surface area contributed by atoms with Crippen LogP contribution in [0, 0.1) is 11.8 Å². The molecule has 0 unspecified atom stereocenters. The second kappa shape index (κ2) is 7.22. The molecule has 0 aliphatic carbocycles. The minimum atomic E-state index is -0.496. The topological polar surface area (TPSA) is 89.4 Å². The van der Waals surface area contributed by atoms with Gasteiger partial charge in [-0.2, -0.15) is 0 Å². The highest BCUT2D eigenvalue weighted by molar-refractivity contribution is 5.83. The summed E-state index contributed by atoms with van der Waals surface area (Å²) in [5.41, 5.74) is 10.6. The minimum Gasteiger partial charge on any atom is -0.368 e. The fourth-order valence-electron chi connectivity index (χ4n) is 1.65. The Kier molecular flexibility index (Phi) is 6.72. The lowest BCUT2D eigenvalue weighted by Crippen LogP contribution is -2.37. The molecule has 0 radical (unpaired) electrons. The molecule has 0 rings (SSSR count). The second-order valence-electron chi connectivity index (χ2n) is 4.65. The number of carbonyl (C=O) groups is 2. The third-order valence-electron chi connectivity index (χ3n) is 2.42. The number of hydrogen-bond donors (Lipinski definition) is 2. The minimum absolute atomic E-state index is 0.0300. The normalized spacial score (nSPS) is 12.6. The van der Waals surface area contributed by atoms with Crippen molar-refractivity contribution in [3.05, 3.63) is 0 Å². The fraction of sp³-hybridized carbons (Fsp3) is 0.818. The number of carbonyl (C=O) groups excluding carboxylic acids is 2. The van der Waals surface area contributed by atoms with Crippen LogP contribution in [0.25, 0.3) is 0 Å². The molecule has 0 aliphatic heterocycles. The lowest BCUT2D eigenvalue weighted by molar-refractivity contribution is -0.134. The SMILES string of the molecule is CC(C)C[C@H](CN)CC(=O)N(C)CC(N)=O. The van der Waals surface area contributed by atoms with E-state index in [1.54, 1.807) is 7.05 Å². The average molecular weight is 229 g/mol. The van der Waals surface area contributed by atoms with Crippen molar-refractivity contribution >= 4 is 11.8 Å². The van der Waals surface area contributed by atoms with E-state index in [9.17, 15) is 9.59 Å². The van der Waals surface area contributed by atoms with Crippen molar-refractivity contribution in [3.8, 4) is 0 Å².